The van der Waals surface area contributed by atoms with E-state index in [0.717, 1.165) is 5.75 Å². The lowest BCUT2D eigenvalue weighted by Crippen LogP contribution is -2.01. The lowest BCUT2D eigenvalue weighted by atomic mass is 10.2. The quantitative estimate of drug-likeness (QED) is 0.847. The van der Waals surface area contributed by atoms with Gasteiger partial charge in [0, 0.05) is 5.75 Å². The van der Waals surface area contributed by atoms with Gasteiger partial charge < -0.3 is 9.84 Å². The van der Waals surface area contributed by atoms with Gasteiger partial charge in [-0.15, -0.1) is 0 Å². The predicted molar refractivity (Wildman–Crippen MR) is 65.0 cm³/mol. The number of hydrogen-bond acceptors (Lipinski definition) is 3. The second-order valence-corrected chi connectivity index (χ2v) is 4.63. The third-order valence-corrected chi connectivity index (χ3v) is 2.92. The summed E-state index contributed by atoms with van der Waals surface area (Å²) in [6.07, 6.45) is 2.01. The van der Waals surface area contributed by atoms with E-state index in [1.165, 1.54) is 12.1 Å². The summed E-state index contributed by atoms with van der Waals surface area (Å²) in [5.41, 5.74) is 0.249. The van der Waals surface area contributed by atoms with Gasteiger partial charge in [-0.1, -0.05) is 0 Å². The Hall–Kier alpha value is -0.680. The number of hydrogen-bond donors (Lipinski definition) is 1. The third-order valence-electron chi connectivity index (χ3n) is 1.72. The van der Waals surface area contributed by atoms with Crippen LogP contribution in [0.4, 0.5) is 0 Å². The summed E-state index contributed by atoms with van der Waals surface area (Å²) in [5, 5.41) is 8.75. The molecule has 0 bridgehead atoms. The van der Waals surface area contributed by atoms with Crippen molar-refractivity contribution in [2.75, 3.05) is 18.6 Å². The van der Waals surface area contributed by atoms with Gasteiger partial charge in [0.1, 0.15) is 5.75 Å². The maximum atomic E-state index is 10.7. The number of carboxylic acid groups (broad SMARTS) is 1. The Kier molecular flexibility index (Phi) is 4.98. The Morgan fingerprint density at radius 3 is 2.87 bits per heavy atom. The highest BCUT2D eigenvalue weighted by molar-refractivity contribution is 9.10. The van der Waals surface area contributed by atoms with Gasteiger partial charge in [0.2, 0.25) is 0 Å². The predicted octanol–water partition coefficient (Wildman–Crippen LogP) is 2.89. The molecule has 1 N–H and O–H groups in total. The number of halogens is 1. The van der Waals surface area contributed by atoms with E-state index in [1.807, 2.05) is 6.26 Å². The van der Waals surface area contributed by atoms with Crippen molar-refractivity contribution in [3.63, 3.8) is 0 Å². The van der Waals surface area contributed by atoms with E-state index in [-0.39, 0.29) is 5.56 Å². The van der Waals surface area contributed by atoms with Crippen LogP contribution in [0.2, 0.25) is 0 Å². The van der Waals surface area contributed by atoms with Gasteiger partial charge in [-0.2, -0.15) is 11.8 Å². The number of thioether (sulfide) groups is 1. The van der Waals surface area contributed by atoms with Crippen molar-refractivity contribution in [2.45, 2.75) is 0 Å². The Bertz CT molecular complexity index is 355. The van der Waals surface area contributed by atoms with Gasteiger partial charge >= 0.3 is 5.97 Å². The molecule has 0 saturated carbocycles. The second kappa shape index (κ2) is 6.02. The van der Waals surface area contributed by atoms with Crippen LogP contribution in [0, 0.1) is 0 Å². The molecule has 5 heteroatoms. The van der Waals surface area contributed by atoms with Crippen LogP contribution in [-0.2, 0) is 0 Å². The van der Waals surface area contributed by atoms with Crippen molar-refractivity contribution in [1.29, 1.82) is 0 Å². The summed E-state index contributed by atoms with van der Waals surface area (Å²) in [4.78, 5) is 10.7. The van der Waals surface area contributed by atoms with E-state index in [1.54, 1.807) is 17.8 Å². The normalized spacial score (nSPS) is 10.0. The van der Waals surface area contributed by atoms with Crippen LogP contribution in [0.1, 0.15) is 10.4 Å². The average Bonchev–Trinajstić information content (AvgIpc) is 2.20. The minimum absolute atomic E-state index is 0.249. The van der Waals surface area contributed by atoms with Crippen LogP contribution in [0.25, 0.3) is 0 Å². The highest BCUT2D eigenvalue weighted by Gasteiger charge is 2.07. The molecule has 0 aromatic heterocycles. The first kappa shape index (κ1) is 12.4. The topological polar surface area (TPSA) is 46.5 Å². The van der Waals surface area contributed by atoms with E-state index < -0.39 is 5.97 Å². The zero-order chi connectivity index (χ0) is 11.3. The lowest BCUT2D eigenvalue weighted by molar-refractivity contribution is 0.0697. The Labute approximate surface area is 101 Å². The van der Waals surface area contributed by atoms with E-state index >= 15 is 0 Å². The van der Waals surface area contributed by atoms with Gasteiger partial charge in [-0.05, 0) is 40.4 Å². The molecule has 0 unspecified atom stereocenters. The molecule has 0 radical (unpaired) electrons. The zero-order valence-corrected chi connectivity index (χ0v) is 10.6. The maximum absolute atomic E-state index is 10.7. The van der Waals surface area contributed by atoms with Crippen molar-refractivity contribution in [3.8, 4) is 5.75 Å². The number of ether oxygens (including phenoxy) is 1. The van der Waals surface area contributed by atoms with Gasteiger partial charge in [0.15, 0.2) is 0 Å². The molecule has 0 heterocycles. The molecule has 0 aliphatic rings. The van der Waals surface area contributed by atoms with Crippen LogP contribution < -0.4 is 4.74 Å². The fraction of sp³-hybridized carbons (Fsp3) is 0.300. The van der Waals surface area contributed by atoms with E-state index in [4.69, 9.17) is 9.84 Å². The molecule has 1 rings (SSSR count). The average molecular weight is 291 g/mol. The van der Waals surface area contributed by atoms with Gasteiger partial charge in [-0.3, -0.25) is 0 Å². The van der Waals surface area contributed by atoms with Crippen molar-refractivity contribution in [1.82, 2.24) is 0 Å². The zero-order valence-electron chi connectivity index (χ0n) is 8.20. The highest BCUT2D eigenvalue weighted by Crippen LogP contribution is 2.26. The molecule has 0 saturated heterocycles. The molecule has 1 aromatic rings. The molecule has 0 fully saturated rings. The standard InChI is InChI=1S/C10H11BrO3S/c1-15-5-4-14-9-3-2-7(10(12)13)6-8(9)11/h2-3,6H,4-5H2,1H3,(H,12,13). The van der Waals surface area contributed by atoms with Crippen LogP contribution in [0.5, 0.6) is 5.75 Å². The largest absolute Gasteiger partial charge is 0.492 e. The number of aromatic carboxylic acids is 1. The molecule has 0 spiro atoms. The first-order valence-electron chi connectivity index (χ1n) is 4.29. The van der Waals surface area contributed by atoms with Gasteiger partial charge in [0.05, 0.1) is 16.6 Å². The summed E-state index contributed by atoms with van der Waals surface area (Å²) in [6, 6.07) is 4.73. The SMILES string of the molecule is CSCCOc1ccc(C(=O)O)cc1Br. The smallest absolute Gasteiger partial charge is 0.335 e. The monoisotopic (exact) mass is 290 g/mol. The van der Waals surface area contributed by atoms with E-state index in [0.29, 0.717) is 16.8 Å². The highest BCUT2D eigenvalue weighted by atomic mass is 79.9. The fourth-order valence-corrected chi connectivity index (χ4v) is 1.73. The summed E-state index contributed by atoms with van der Waals surface area (Å²) >= 11 is 4.97. The second-order valence-electron chi connectivity index (χ2n) is 2.79. The van der Waals surface area contributed by atoms with E-state index in [9.17, 15) is 4.79 Å². The van der Waals surface area contributed by atoms with Gasteiger partial charge in [0.25, 0.3) is 0 Å². The Morgan fingerprint density at radius 1 is 1.60 bits per heavy atom. The van der Waals surface area contributed by atoms with Crippen molar-refractivity contribution < 1.29 is 14.6 Å². The summed E-state index contributed by atoms with van der Waals surface area (Å²) < 4.78 is 6.12. The van der Waals surface area contributed by atoms with Crippen LogP contribution in [0.3, 0.4) is 0 Å². The van der Waals surface area contributed by atoms with E-state index in [2.05, 4.69) is 15.9 Å². The van der Waals surface area contributed by atoms with Crippen LogP contribution >= 0.6 is 27.7 Å². The molecule has 0 amide bonds. The minimum atomic E-state index is -0.939. The third kappa shape index (κ3) is 3.76. The molecule has 3 nitrogen and oxygen atoms in total. The number of carboxylic acids is 1. The minimum Gasteiger partial charge on any atom is -0.492 e. The molecule has 0 aliphatic carbocycles. The molecular weight excluding hydrogens is 280 g/mol. The van der Waals surface area contributed by atoms with Gasteiger partial charge in [-0.25, -0.2) is 4.79 Å². The first-order valence-corrected chi connectivity index (χ1v) is 6.48. The summed E-state index contributed by atoms with van der Waals surface area (Å²) in [6.45, 7) is 0.617. The molecule has 15 heavy (non-hydrogen) atoms. The molecule has 1 aromatic carbocycles. The number of rotatable bonds is 5. The van der Waals surface area contributed by atoms with Crippen molar-refractivity contribution >= 4 is 33.7 Å². The van der Waals surface area contributed by atoms with Crippen molar-refractivity contribution in [3.05, 3.63) is 28.2 Å². The lowest BCUT2D eigenvalue weighted by Gasteiger charge is -2.07. The maximum Gasteiger partial charge on any atom is 0.335 e. The Morgan fingerprint density at radius 2 is 2.33 bits per heavy atom. The molecule has 0 atom stereocenters. The van der Waals surface area contributed by atoms with Crippen LogP contribution in [0.15, 0.2) is 22.7 Å². The fourth-order valence-electron chi connectivity index (χ4n) is 0.986. The Balaban J connectivity index is 2.70. The summed E-state index contributed by atoms with van der Waals surface area (Å²) in [5.74, 6) is 0.646. The van der Waals surface area contributed by atoms with Crippen LogP contribution in [-0.4, -0.2) is 29.7 Å². The molecule has 82 valence electrons. The number of carbonyl (C=O) groups is 1. The number of benzene rings is 1. The first-order chi connectivity index (χ1) is 7.15. The van der Waals surface area contributed by atoms with Crippen molar-refractivity contribution in [2.24, 2.45) is 0 Å². The summed E-state index contributed by atoms with van der Waals surface area (Å²) in [7, 11) is 0. The molecule has 0 aliphatic heterocycles. The molecular formula is C10H11BrO3S.